The lowest BCUT2D eigenvalue weighted by molar-refractivity contribution is -0.141. The van der Waals surface area contributed by atoms with Crippen LogP contribution in [0.2, 0.25) is 0 Å². The zero-order valence-corrected chi connectivity index (χ0v) is 16.0. The third kappa shape index (κ3) is 3.37. The molecule has 1 aromatic carbocycles. The first kappa shape index (κ1) is 18.9. The Hall–Kier alpha value is -1.89. The van der Waals surface area contributed by atoms with Crippen molar-refractivity contribution in [3.63, 3.8) is 0 Å². The van der Waals surface area contributed by atoms with Gasteiger partial charge in [0.25, 0.3) is 5.91 Å². The van der Waals surface area contributed by atoms with Crippen LogP contribution in [0.15, 0.2) is 23.1 Å². The summed E-state index contributed by atoms with van der Waals surface area (Å²) < 4.78 is 23.8. The highest BCUT2D eigenvalue weighted by Crippen LogP contribution is 2.41. The number of carboxylic acid groups (broad SMARTS) is 1. The highest BCUT2D eigenvalue weighted by Gasteiger charge is 2.48. The van der Waals surface area contributed by atoms with Crippen molar-refractivity contribution in [2.24, 2.45) is 5.92 Å². The minimum Gasteiger partial charge on any atom is -0.480 e. The standard InChI is InChI=1S/C19H25NO5S/c1-3-12-8-9-14(26(2,24)25)11-15(12)18(21)20-16-7-5-4-6-13(16)10-17(20)19(22)23/h8-9,11,13,16-17H,3-7,10H2,1-2H3,(H,22,23). The Morgan fingerprint density at radius 3 is 2.54 bits per heavy atom. The Bertz CT molecular complexity index is 832. The highest BCUT2D eigenvalue weighted by atomic mass is 32.2. The second-order valence-electron chi connectivity index (χ2n) is 7.36. The molecular weight excluding hydrogens is 354 g/mol. The monoisotopic (exact) mass is 379 g/mol. The maximum absolute atomic E-state index is 13.3. The first-order valence-electron chi connectivity index (χ1n) is 9.12. The molecule has 3 unspecified atom stereocenters. The topological polar surface area (TPSA) is 91.8 Å². The molecule has 0 bridgehead atoms. The largest absolute Gasteiger partial charge is 0.480 e. The van der Waals surface area contributed by atoms with Crippen molar-refractivity contribution < 1.29 is 23.1 Å². The predicted molar refractivity (Wildman–Crippen MR) is 96.9 cm³/mol. The molecular formula is C19H25NO5S. The number of aliphatic carboxylic acids is 1. The fraction of sp³-hybridized carbons (Fsp3) is 0.579. The molecule has 1 aliphatic carbocycles. The van der Waals surface area contributed by atoms with Gasteiger partial charge in [0.15, 0.2) is 9.84 Å². The lowest BCUT2D eigenvalue weighted by Crippen LogP contribution is -2.46. The third-order valence-electron chi connectivity index (χ3n) is 5.73. The van der Waals surface area contributed by atoms with Crippen molar-refractivity contribution >= 4 is 21.7 Å². The molecule has 3 rings (SSSR count). The van der Waals surface area contributed by atoms with Crippen LogP contribution in [0.3, 0.4) is 0 Å². The first-order chi connectivity index (χ1) is 12.2. The molecule has 2 aliphatic rings. The SMILES string of the molecule is CCc1ccc(S(C)(=O)=O)cc1C(=O)N1C(C(=O)O)CC2CCCCC21. The van der Waals surface area contributed by atoms with Crippen LogP contribution >= 0.6 is 0 Å². The van der Waals surface area contributed by atoms with Gasteiger partial charge in [-0.15, -0.1) is 0 Å². The number of fused-ring (bicyclic) bond motifs is 1. The van der Waals surface area contributed by atoms with E-state index in [0.29, 0.717) is 18.4 Å². The molecule has 1 saturated carbocycles. The van der Waals surface area contributed by atoms with E-state index in [1.165, 1.54) is 17.0 Å². The Morgan fingerprint density at radius 2 is 1.92 bits per heavy atom. The van der Waals surface area contributed by atoms with Gasteiger partial charge in [-0.05, 0) is 49.3 Å². The Morgan fingerprint density at radius 1 is 1.23 bits per heavy atom. The number of likely N-dealkylation sites (tertiary alicyclic amines) is 1. The summed E-state index contributed by atoms with van der Waals surface area (Å²) in [5, 5.41) is 9.65. The van der Waals surface area contributed by atoms with Crippen LogP contribution in [0.5, 0.6) is 0 Å². The molecule has 1 aromatic rings. The van der Waals surface area contributed by atoms with Crippen LogP contribution in [0, 0.1) is 5.92 Å². The van der Waals surface area contributed by atoms with Crippen molar-refractivity contribution in [1.29, 1.82) is 0 Å². The summed E-state index contributed by atoms with van der Waals surface area (Å²) in [4.78, 5) is 26.7. The van der Waals surface area contributed by atoms with Crippen LogP contribution in [0.4, 0.5) is 0 Å². The van der Waals surface area contributed by atoms with Gasteiger partial charge in [0.05, 0.1) is 4.90 Å². The summed E-state index contributed by atoms with van der Waals surface area (Å²) in [5.74, 6) is -1.11. The number of carbonyl (C=O) groups is 2. The average Bonchev–Trinajstić information content (AvgIpc) is 2.99. The number of hydrogen-bond donors (Lipinski definition) is 1. The molecule has 0 radical (unpaired) electrons. The van der Waals surface area contributed by atoms with Crippen LogP contribution in [0.25, 0.3) is 0 Å². The van der Waals surface area contributed by atoms with E-state index in [-0.39, 0.29) is 22.8 Å². The quantitative estimate of drug-likeness (QED) is 0.868. The van der Waals surface area contributed by atoms with Gasteiger partial charge in [-0.1, -0.05) is 25.8 Å². The maximum atomic E-state index is 13.3. The van der Waals surface area contributed by atoms with E-state index in [0.717, 1.165) is 37.5 Å². The van der Waals surface area contributed by atoms with Crippen LogP contribution in [-0.2, 0) is 21.1 Å². The molecule has 3 atom stereocenters. The molecule has 1 amide bonds. The van der Waals surface area contributed by atoms with Gasteiger partial charge in [-0.3, -0.25) is 4.79 Å². The van der Waals surface area contributed by atoms with Crippen LogP contribution in [-0.4, -0.2) is 48.6 Å². The molecule has 0 aromatic heterocycles. The maximum Gasteiger partial charge on any atom is 0.326 e. The second kappa shape index (κ2) is 7.02. The van der Waals surface area contributed by atoms with E-state index in [1.54, 1.807) is 6.07 Å². The fourth-order valence-electron chi connectivity index (χ4n) is 4.41. The zero-order chi connectivity index (χ0) is 19.1. The summed E-state index contributed by atoms with van der Waals surface area (Å²) in [6.07, 6.45) is 5.98. The minimum atomic E-state index is -3.45. The fourth-order valence-corrected chi connectivity index (χ4v) is 5.05. The molecule has 1 saturated heterocycles. The summed E-state index contributed by atoms with van der Waals surface area (Å²) in [6, 6.07) is 3.68. The number of rotatable bonds is 4. The summed E-state index contributed by atoms with van der Waals surface area (Å²) in [5.41, 5.74) is 1.05. The van der Waals surface area contributed by atoms with Crippen molar-refractivity contribution in [1.82, 2.24) is 4.90 Å². The van der Waals surface area contributed by atoms with Crippen molar-refractivity contribution in [3.05, 3.63) is 29.3 Å². The van der Waals surface area contributed by atoms with Gasteiger partial charge >= 0.3 is 5.97 Å². The van der Waals surface area contributed by atoms with Crippen molar-refractivity contribution in [2.45, 2.75) is 62.4 Å². The van der Waals surface area contributed by atoms with E-state index in [1.807, 2.05) is 6.92 Å². The predicted octanol–water partition coefficient (Wildman–Crippen LogP) is 2.51. The Labute approximate surface area is 154 Å². The smallest absolute Gasteiger partial charge is 0.326 e. The lowest BCUT2D eigenvalue weighted by atomic mass is 9.84. The normalized spacial score (nSPS) is 25.8. The molecule has 2 fully saturated rings. The molecule has 1 N–H and O–H groups in total. The minimum absolute atomic E-state index is 0.0658. The lowest BCUT2D eigenvalue weighted by Gasteiger charge is -2.33. The number of hydrogen-bond acceptors (Lipinski definition) is 4. The van der Waals surface area contributed by atoms with Crippen molar-refractivity contribution in [2.75, 3.05) is 6.26 Å². The Kier molecular flexibility index (Phi) is 5.10. The molecule has 6 nitrogen and oxygen atoms in total. The number of carboxylic acids is 1. The number of aryl methyl sites for hydroxylation is 1. The summed E-state index contributed by atoms with van der Waals surface area (Å²) in [6.45, 7) is 1.90. The molecule has 1 heterocycles. The van der Waals surface area contributed by atoms with E-state index in [4.69, 9.17) is 0 Å². The van der Waals surface area contributed by atoms with Gasteiger partial charge in [0.1, 0.15) is 6.04 Å². The average molecular weight is 379 g/mol. The number of sulfone groups is 1. The summed E-state index contributed by atoms with van der Waals surface area (Å²) in [7, 11) is -3.45. The van der Waals surface area contributed by atoms with Crippen LogP contribution in [0.1, 0.15) is 54.9 Å². The molecule has 0 spiro atoms. The van der Waals surface area contributed by atoms with Gasteiger partial charge in [0, 0.05) is 17.9 Å². The molecule has 26 heavy (non-hydrogen) atoms. The van der Waals surface area contributed by atoms with Crippen molar-refractivity contribution in [3.8, 4) is 0 Å². The van der Waals surface area contributed by atoms with Crippen LogP contribution < -0.4 is 0 Å². The van der Waals surface area contributed by atoms with Gasteiger partial charge < -0.3 is 10.0 Å². The molecule has 142 valence electrons. The second-order valence-corrected chi connectivity index (χ2v) is 9.37. The van der Waals surface area contributed by atoms with E-state index >= 15 is 0 Å². The van der Waals surface area contributed by atoms with E-state index in [2.05, 4.69) is 0 Å². The summed E-state index contributed by atoms with van der Waals surface area (Å²) >= 11 is 0. The highest BCUT2D eigenvalue weighted by molar-refractivity contribution is 7.90. The first-order valence-corrected chi connectivity index (χ1v) is 11.0. The Balaban J connectivity index is 2.05. The van der Waals surface area contributed by atoms with E-state index in [9.17, 15) is 23.1 Å². The number of benzene rings is 1. The number of carbonyl (C=O) groups excluding carboxylic acids is 1. The molecule has 7 heteroatoms. The van der Waals surface area contributed by atoms with Gasteiger partial charge in [0.2, 0.25) is 0 Å². The van der Waals surface area contributed by atoms with Gasteiger partial charge in [-0.2, -0.15) is 0 Å². The number of amides is 1. The van der Waals surface area contributed by atoms with E-state index < -0.39 is 21.8 Å². The zero-order valence-electron chi connectivity index (χ0n) is 15.1. The molecule has 1 aliphatic heterocycles. The number of nitrogens with zero attached hydrogens (tertiary/aromatic N) is 1. The third-order valence-corrected chi connectivity index (χ3v) is 6.84. The van der Waals surface area contributed by atoms with Gasteiger partial charge in [-0.25, -0.2) is 13.2 Å².